The molecule has 0 N–H and O–H groups in total. The van der Waals surface area contributed by atoms with Gasteiger partial charge in [-0.25, -0.2) is 4.39 Å². The van der Waals surface area contributed by atoms with Gasteiger partial charge >= 0.3 is 0 Å². The van der Waals surface area contributed by atoms with Crippen molar-refractivity contribution >= 4 is 28.4 Å². The maximum atomic E-state index is 13.1. The average Bonchev–Trinajstić information content (AvgIpc) is 2.34. The van der Waals surface area contributed by atoms with Crippen molar-refractivity contribution in [2.24, 2.45) is 0 Å². The maximum absolute atomic E-state index is 13.1. The van der Waals surface area contributed by atoms with Gasteiger partial charge in [0, 0.05) is 0 Å². The van der Waals surface area contributed by atoms with E-state index in [9.17, 15) is 9.18 Å². The van der Waals surface area contributed by atoms with Gasteiger partial charge in [0.2, 0.25) is 0 Å². The second kappa shape index (κ2) is 5.48. The highest BCUT2D eigenvalue weighted by Gasteiger charge is 2.11. The minimum Gasteiger partial charge on any atom is -0.455 e. The number of rotatable bonds is 3. The van der Waals surface area contributed by atoms with Crippen LogP contribution in [0.2, 0.25) is 0 Å². The van der Waals surface area contributed by atoms with Crippen molar-refractivity contribution in [1.29, 1.82) is 0 Å². The Kier molecular flexibility index (Phi) is 3.96. The molecule has 0 saturated carbocycles. The van der Waals surface area contributed by atoms with E-state index in [1.54, 1.807) is 6.07 Å². The summed E-state index contributed by atoms with van der Waals surface area (Å²) in [4.78, 5) is 11.4. The zero-order valence-corrected chi connectivity index (χ0v) is 11.8. The van der Waals surface area contributed by atoms with Crippen molar-refractivity contribution in [2.45, 2.75) is 6.92 Å². The van der Waals surface area contributed by atoms with Crippen molar-refractivity contribution < 1.29 is 13.9 Å². The molecule has 0 heterocycles. The van der Waals surface area contributed by atoms with Crippen LogP contribution in [-0.4, -0.2) is 5.78 Å². The summed E-state index contributed by atoms with van der Waals surface area (Å²) in [5.41, 5.74) is 0.245. The van der Waals surface area contributed by atoms with E-state index in [-0.39, 0.29) is 11.3 Å². The van der Waals surface area contributed by atoms with Crippen LogP contribution in [0.3, 0.4) is 0 Å². The third-order valence-electron chi connectivity index (χ3n) is 2.38. The molecule has 2 rings (SSSR count). The number of Topliss-reactive ketones (excluding diaryl/α,β-unsaturated/α-hetero) is 1. The summed E-state index contributed by atoms with van der Waals surface area (Å²) in [6.07, 6.45) is 0. The third kappa shape index (κ3) is 2.87. The summed E-state index contributed by atoms with van der Waals surface area (Å²) in [7, 11) is 0. The van der Waals surface area contributed by atoms with Gasteiger partial charge in [-0.3, -0.25) is 4.79 Å². The van der Waals surface area contributed by atoms with E-state index in [2.05, 4.69) is 22.6 Å². The van der Waals surface area contributed by atoms with Crippen molar-refractivity contribution in [1.82, 2.24) is 0 Å². The summed E-state index contributed by atoms with van der Waals surface area (Å²) < 4.78 is 19.7. The molecule has 2 aromatic rings. The Morgan fingerprint density at radius 1 is 1.17 bits per heavy atom. The number of ether oxygens (including phenoxy) is 1. The first-order valence-electron chi connectivity index (χ1n) is 5.31. The Morgan fingerprint density at radius 2 is 1.89 bits per heavy atom. The monoisotopic (exact) mass is 356 g/mol. The fourth-order valence-electron chi connectivity index (χ4n) is 1.51. The SMILES string of the molecule is CC(=O)c1cc(F)ccc1Oc1ccccc1I. The number of halogens is 2. The van der Waals surface area contributed by atoms with E-state index in [1.807, 2.05) is 18.2 Å². The molecule has 0 bridgehead atoms. The standard InChI is InChI=1S/C14H10FIO2/c1-9(17)11-8-10(15)6-7-13(11)18-14-5-3-2-4-12(14)16/h2-8H,1H3. The van der Waals surface area contributed by atoms with Crippen molar-refractivity contribution in [3.63, 3.8) is 0 Å². The lowest BCUT2D eigenvalue weighted by Crippen LogP contribution is -1.98. The van der Waals surface area contributed by atoms with Gasteiger partial charge in [-0.15, -0.1) is 0 Å². The van der Waals surface area contributed by atoms with Crippen LogP contribution in [-0.2, 0) is 0 Å². The highest BCUT2D eigenvalue weighted by molar-refractivity contribution is 14.1. The largest absolute Gasteiger partial charge is 0.455 e. The van der Waals surface area contributed by atoms with Gasteiger partial charge in [0.25, 0.3) is 0 Å². The summed E-state index contributed by atoms with van der Waals surface area (Å²) in [5, 5.41) is 0. The molecular weight excluding hydrogens is 346 g/mol. The number of benzene rings is 2. The smallest absolute Gasteiger partial charge is 0.163 e. The molecule has 92 valence electrons. The van der Waals surface area contributed by atoms with E-state index in [0.29, 0.717) is 11.5 Å². The van der Waals surface area contributed by atoms with E-state index >= 15 is 0 Å². The molecular formula is C14H10FIO2. The molecule has 0 radical (unpaired) electrons. The van der Waals surface area contributed by atoms with Gasteiger partial charge in [-0.2, -0.15) is 0 Å². The summed E-state index contributed by atoms with van der Waals surface area (Å²) in [6, 6.07) is 11.4. The lowest BCUT2D eigenvalue weighted by Gasteiger charge is -2.10. The van der Waals surface area contributed by atoms with Crippen LogP contribution in [0.25, 0.3) is 0 Å². The number of hydrogen-bond donors (Lipinski definition) is 0. The third-order valence-corrected chi connectivity index (χ3v) is 3.27. The molecule has 2 nitrogen and oxygen atoms in total. The van der Waals surface area contributed by atoms with Gasteiger partial charge < -0.3 is 4.74 Å². The number of carbonyl (C=O) groups excluding carboxylic acids is 1. The fourth-order valence-corrected chi connectivity index (χ4v) is 2.01. The topological polar surface area (TPSA) is 26.3 Å². The molecule has 0 aliphatic heterocycles. The molecule has 2 aromatic carbocycles. The van der Waals surface area contributed by atoms with E-state index in [4.69, 9.17) is 4.74 Å². The van der Waals surface area contributed by atoms with Crippen LogP contribution in [0.4, 0.5) is 4.39 Å². The zero-order chi connectivity index (χ0) is 13.1. The number of carbonyl (C=O) groups is 1. The van der Waals surface area contributed by atoms with Crippen molar-refractivity contribution in [3.05, 3.63) is 57.4 Å². The van der Waals surface area contributed by atoms with E-state index in [0.717, 1.165) is 3.57 Å². The van der Waals surface area contributed by atoms with Gasteiger partial charge in [0.05, 0.1) is 9.13 Å². The van der Waals surface area contributed by atoms with Crippen LogP contribution in [0.15, 0.2) is 42.5 Å². The van der Waals surface area contributed by atoms with Crippen LogP contribution in [0, 0.1) is 9.39 Å². The Morgan fingerprint density at radius 3 is 2.56 bits per heavy atom. The van der Waals surface area contributed by atoms with E-state index < -0.39 is 5.82 Å². The van der Waals surface area contributed by atoms with Crippen LogP contribution >= 0.6 is 22.6 Å². The fraction of sp³-hybridized carbons (Fsp3) is 0.0714. The summed E-state index contributed by atoms with van der Waals surface area (Å²) in [5.74, 6) is 0.339. The van der Waals surface area contributed by atoms with Gasteiger partial charge in [0.1, 0.15) is 17.3 Å². The molecule has 0 aromatic heterocycles. The minimum atomic E-state index is -0.449. The molecule has 4 heteroatoms. The molecule has 0 spiro atoms. The second-order valence-corrected chi connectivity index (χ2v) is 4.89. The first-order chi connectivity index (χ1) is 8.58. The predicted octanol–water partition coefficient (Wildman–Crippen LogP) is 4.43. The maximum Gasteiger partial charge on any atom is 0.163 e. The lowest BCUT2D eigenvalue weighted by atomic mass is 10.1. The highest BCUT2D eigenvalue weighted by Crippen LogP contribution is 2.29. The van der Waals surface area contributed by atoms with Gasteiger partial charge in [-0.05, 0) is 59.8 Å². The molecule has 0 aliphatic carbocycles. The highest BCUT2D eigenvalue weighted by atomic mass is 127. The zero-order valence-electron chi connectivity index (χ0n) is 9.61. The molecule has 0 atom stereocenters. The van der Waals surface area contributed by atoms with Gasteiger partial charge in [0.15, 0.2) is 5.78 Å². The molecule has 18 heavy (non-hydrogen) atoms. The number of hydrogen-bond acceptors (Lipinski definition) is 2. The quantitative estimate of drug-likeness (QED) is 0.601. The van der Waals surface area contributed by atoms with Crippen LogP contribution < -0.4 is 4.74 Å². The Balaban J connectivity index is 2.41. The number of para-hydroxylation sites is 1. The predicted molar refractivity (Wildman–Crippen MR) is 75.6 cm³/mol. The number of ketones is 1. The first-order valence-corrected chi connectivity index (χ1v) is 6.38. The van der Waals surface area contributed by atoms with E-state index in [1.165, 1.54) is 25.1 Å². The normalized spacial score (nSPS) is 10.2. The Hall–Kier alpha value is -1.43. The van der Waals surface area contributed by atoms with Crippen LogP contribution in [0.5, 0.6) is 11.5 Å². The Labute approximate surface area is 118 Å². The molecule has 0 aliphatic rings. The first kappa shape index (κ1) is 13.0. The van der Waals surface area contributed by atoms with Crippen molar-refractivity contribution in [3.8, 4) is 11.5 Å². The lowest BCUT2D eigenvalue weighted by molar-refractivity contribution is 0.101. The van der Waals surface area contributed by atoms with Crippen LogP contribution in [0.1, 0.15) is 17.3 Å². The summed E-state index contributed by atoms with van der Waals surface area (Å²) >= 11 is 2.14. The van der Waals surface area contributed by atoms with Crippen molar-refractivity contribution in [2.75, 3.05) is 0 Å². The molecule has 0 amide bonds. The minimum absolute atomic E-state index is 0.226. The average molecular weight is 356 g/mol. The molecule has 0 saturated heterocycles. The molecule has 0 unspecified atom stereocenters. The Bertz CT molecular complexity index is 596. The summed E-state index contributed by atoms with van der Waals surface area (Å²) in [6.45, 7) is 1.39. The molecule has 0 fully saturated rings. The second-order valence-electron chi connectivity index (χ2n) is 3.73. The van der Waals surface area contributed by atoms with Gasteiger partial charge in [-0.1, -0.05) is 12.1 Å².